The van der Waals surface area contributed by atoms with Crippen LogP contribution in [0, 0.1) is 23.7 Å². The fraction of sp³-hybridized carbons (Fsp3) is 0.929. The highest BCUT2D eigenvalue weighted by Gasteiger charge is 2.51. The summed E-state index contributed by atoms with van der Waals surface area (Å²) in [7, 11) is 0. The first kappa shape index (κ1) is 12.9. The molecule has 0 saturated heterocycles. The van der Waals surface area contributed by atoms with Gasteiger partial charge < -0.3 is 10.2 Å². The van der Waals surface area contributed by atoms with E-state index in [1.807, 2.05) is 0 Å². The van der Waals surface area contributed by atoms with Gasteiger partial charge in [0, 0.05) is 0 Å². The zero-order valence-electron chi connectivity index (χ0n) is 10.9. The summed E-state index contributed by atoms with van der Waals surface area (Å²) in [6.07, 6.45) is 5.55. The first-order chi connectivity index (χ1) is 7.97. The van der Waals surface area contributed by atoms with Crippen molar-refractivity contribution in [1.29, 1.82) is 0 Å². The van der Waals surface area contributed by atoms with Gasteiger partial charge in [-0.3, -0.25) is 4.79 Å². The van der Waals surface area contributed by atoms with Crippen molar-refractivity contribution < 1.29 is 15.0 Å². The van der Waals surface area contributed by atoms with Crippen LogP contribution in [0.5, 0.6) is 0 Å². The Hall–Kier alpha value is -0.570. The Morgan fingerprint density at radius 1 is 1.24 bits per heavy atom. The molecular formula is C14H24O3. The normalized spacial score (nSPS) is 42.2. The minimum absolute atomic E-state index is 0.197. The van der Waals surface area contributed by atoms with Crippen LogP contribution in [0.4, 0.5) is 0 Å². The van der Waals surface area contributed by atoms with Crippen LogP contribution in [0.15, 0.2) is 0 Å². The van der Waals surface area contributed by atoms with E-state index in [2.05, 4.69) is 13.8 Å². The zero-order chi connectivity index (χ0) is 12.6. The number of hydrogen-bond acceptors (Lipinski definition) is 2. The fourth-order valence-electron chi connectivity index (χ4n) is 4.07. The molecule has 2 aliphatic rings. The van der Waals surface area contributed by atoms with Gasteiger partial charge in [-0.15, -0.1) is 0 Å². The lowest BCUT2D eigenvalue weighted by Gasteiger charge is -2.51. The van der Waals surface area contributed by atoms with Crippen LogP contribution in [0.1, 0.15) is 52.4 Å². The Kier molecular flexibility index (Phi) is 3.48. The number of aliphatic hydroxyl groups is 1. The average Bonchev–Trinajstić information content (AvgIpc) is 2.29. The molecule has 0 aromatic rings. The third-order valence-corrected chi connectivity index (χ3v) is 5.15. The van der Waals surface area contributed by atoms with E-state index in [4.69, 9.17) is 0 Å². The number of carbonyl (C=O) groups is 1. The second kappa shape index (κ2) is 4.60. The van der Waals surface area contributed by atoms with E-state index in [1.165, 1.54) is 0 Å². The summed E-state index contributed by atoms with van der Waals surface area (Å²) in [5.41, 5.74) is -0.628. The molecule has 0 heterocycles. The fourth-order valence-corrected chi connectivity index (χ4v) is 4.07. The molecule has 2 unspecified atom stereocenters. The molecule has 2 N–H and O–H groups in total. The van der Waals surface area contributed by atoms with E-state index >= 15 is 0 Å². The van der Waals surface area contributed by atoms with Crippen molar-refractivity contribution in [2.75, 3.05) is 0 Å². The first-order valence-electron chi connectivity index (χ1n) is 6.92. The summed E-state index contributed by atoms with van der Waals surface area (Å²) in [6.45, 7) is 4.12. The SMILES string of the molecule is CC(C)C1(O)CCC(C(=O)O)[C@@H]2CCCC[C@H]21. The van der Waals surface area contributed by atoms with Crippen LogP contribution < -0.4 is 0 Å². The molecule has 98 valence electrons. The predicted molar refractivity (Wildman–Crippen MR) is 65.6 cm³/mol. The molecule has 2 fully saturated rings. The Morgan fingerprint density at radius 3 is 2.47 bits per heavy atom. The van der Waals surface area contributed by atoms with Crippen molar-refractivity contribution in [2.45, 2.75) is 58.0 Å². The smallest absolute Gasteiger partial charge is 0.306 e. The van der Waals surface area contributed by atoms with Gasteiger partial charge in [0.2, 0.25) is 0 Å². The van der Waals surface area contributed by atoms with Crippen LogP contribution >= 0.6 is 0 Å². The summed E-state index contributed by atoms with van der Waals surface area (Å²) in [5.74, 6) is -0.261. The van der Waals surface area contributed by atoms with E-state index in [0.29, 0.717) is 12.8 Å². The van der Waals surface area contributed by atoms with E-state index < -0.39 is 11.6 Å². The van der Waals surface area contributed by atoms with Gasteiger partial charge in [-0.05, 0) is 43.4 Å². The van der Waals surface area contributed by atoms with E-state index in [0.717, 1.165) is 25.7 Å². The Bertz CT molecular complexity index is 300. The van der Waals surface area contributed by atoms with Crippen LogP contribution in [0.3, 0.4) is 0 Å². The monoisotopic (exact) mass is 240 g/mol. The molecule has 17 heavy (non-hydrogen) atoms. The Balaban J connectivity index is 2.25. The minimum atomic E-state index is -0.660. The van der Waals surface area contributed by atoms with Crippen LogP contribution in [-0.4, -0.2) is 21.8 Å². The molecule has 0 radical (unpaired) electrons. The Morgan fingerprint density at radius 2 is 1.88 bits per heavy atom. The number of carboxylic acid groups (broad SMARTS) is 1. The van der Waals surface area contributed by atoms with Gasteiger partial charge in [0.1, 0.15) is 0 Å². The molecule has 0 amide bonds. The second-order valence-corrected chi connectivity index (χ2v) is 6.18. The van der Waals surface area contributed by atoms with Crippen LogP contribution in [0.2, 0.25) is 0 Å². The first-order valence-corrected chi connectivity index (χ1v) is 6.92. The van der Waals surface area contributed by atoms with Crippen molar-refractivity contribution in [2.24, 2.45) is 23.7 Å². The van der Waals surface area contributed by atoms with Gasteiger partial charge in [-0.1, -0.05) is 26.7 Å². The lowest BCUT2D eigenvalue weighted by atomic mass is 9.56. The summed E-state index contributed by atoms with van der Waals surface area (Å²) in [4.78, 5) is 11.3. The highest BCUT2D eigenvalue weighted by molar-refractivity contribution is 5.70. The lowest BCUT2D eigenvalue weighted by Crippen LogP contribution is -2.54. The van der Waals surface area contributed by atoms with Gasteiger partial charge in [0.05, 0.1) is 11.5 Å². The third-order valence-electron chi connectivity index (χ3n) is 5.15. The number of rotatable bonds is 2. The maximum atomic E-state index is 11.3. The third kappa shape index (κ3) is 2.10. The second-order valence-electron chi connectivity index (χ2n) is 6.18. The standard InChI is InChI=1S/C14H24O3/c1-9(2)14(17)8-7-11(13(15)16)10-5-3-4-6-12(10)14/h9-12,17H,3-8H2,1-2H3,(H,15,16)/t10-,11?,12+,14?/m0/s1. The highest BCUT2D eigenvalue weighted by Crippen LogP contribution is 2.51. The van der Waals surface area contributed by atoms with Crippen molar-refractivity contribution in [1.82, 2.24) is 0 Å². The predicted octanol–water partition coefficient (Wildman–Crippen LogP) is 2.67. The molecule has 3 heteroatoms. The van der Waals surface area contributed by atoms with Crippen LogP contribution in [0.25, 0.3) is 0 Å². The highest BCUT2D eigenvalue weighted by atomic mass is 16.4. The molecule has 4 atom stereocenters. The molecule has 0 bridgehead atoms. The lowest BCUT2D eigenvalue weighted by molar-refractivity contribution is -0.164. The van der Waals surface area contributed by atoms with E-state index in [-0.39, 0.29) is 23.7 Å². The molecule has 2 saturated carbocycles. The molecule has 2 rings (SSSR count). The van der Waals surface area contributed by atoms with Gasteiger partial charge in [0.15, 0.2) is 0 Å². The maximum absolute atomic E-state index is 11.3. The zero-order valence-corrected chi connectivity index (χ0v) is 10.9. The molecule has 0 aromatic heterocycles. The van der Waals surface area contributed by atoms with Gasteiger partial charge in [0.25, 0.3) is 0 Å². The van der Waals surface area contributed by atoms with Crippen molar-refractivity contribution in [3.05, 3.63) is 0 Å². The number of fused-ring (bicyclic) bond motifs is 1. The van der Waals surface area contributed by atoms with E-state index in [1.54, 1.807) is 0 Å². The topological polar surface area (TPSA) is 57.5 Å². The molecule has 3 nitrogen and oxygen atoms in total. The summed E-state index contributed by atoms with van der Waals surface area (Å²) in [5, 5.41) is 20.2. The quantitative estimate of drug-likeness (QED) is 0.780. The summed E-state index contributed by atoms with van der Waals surface area (Å²) >= 11 is 0. The van der Waals surface area contributed by atoms with E-state index in [9.17, 15) is 15.0 Å². The largest absolute Gasteiger partial charge is 0.481 e. The molecule has 0 aromatic carbocycles. The molecule has 0 spiro atoms. The van der Waals surface area contributed by atoms with Crippen molar-refractivity contribution in [3.8, 4) is 0 Å². The number of aliphatic carboxylic acids is 1. The molecular weight excluding hydrogens is 216 g/mol. The summed E-state index contributed by atoms with van der Waals surface area (Å²) in [6, 6.07) is 0. The minimum Gasteiger partial charge on any atom is -0.481 e. The molecule has 2 aliphatic carbocycles. The van der Waals surface area contributed by atoms with Gasteiger partial charge >= 0.3 is 5.97 Å². The number of hydrogen-bond donors (Lipinski definition) is 2. The van der Waals surface area contributed by atoms with Gasteiger partial charge in [-0.2, -0.15) is 0 Å². The maximum Gasteiger partial charge on any atom is 0.306 e. The summed E-state index contributed by atoms with van der Waals surface area (Å²) < 4.78 is 0. The van der Waals surface area contributed by atoms with Gasteiger partial charge in [-0.25, -0.2) is 0 Å². The Labute approximate surface area is 103 Å². The average molecular weight is 240 g/mol. The van der Waals surface area contributed by atoms with Crippen molar-refractivity contribution in [3.63, 3.8) is 0 Å². The molecule has 0 aliphatic heterocycles. The van der Waals surface area contributed by atoms with Crippen LogP contribution in [-0.2, 0) is 4.79 Å². The number of carboxylic acids is 1. The van der Waals surface area contributed by atoms with Crippen molar-refractivity contribution >= 4 is 5.97 Å².